The third-order valence-electron chi connectivity index (χ3n) is 6.52. The van der Waals surface area contributed by atoms with E-state index < -0.39 is 40.9 Å². The van der Waals surface area contributed by atoms with E-state index in [1.54, 1.807) is 0 Å². The lowest BCUT2D eigenvalue weighted by Gasteiger charge is -2.44. The summed E-state index contributed by atoms with van der Waals surface area (Å²) < 4.78 is 61.1. The molecule has 1 unspecified atom stereocenters. The molecule has 1 saturated heterocycles. The van der Waals surface area contributed by atoms with Crippen LogP contribution in [0.5, 0.6) is 0 Å². The van der Waals surface area contributed by atoms with Gasteiger partial charge in [-0.1, -0.05) is 12.1 Å². The van der Waals surface area contributed by atoms with Gasteiger partial charge in [-0.2, -0.15) is 0 Å². The highest BCUT2D eigenvalue weighted by Crippen LogP contribution is 2.38. The van der Waals surface area contributed by atoms with Crippen molar-refractivity contribution in [3.63, 3.8) is 0 Å². The molecule has 31 heavy (non-hydrogen) atoms. The Kier molecular flexibility index (Phi) is 5.18. The molecule has 0 amide bonds. The fourth-order valence-electron chi connectivity index (χ4n) is 4.46. The normalized spacial score (nSPS) is 24.3. The van der Waals surface area contributed by atoms with Crippen molar-refractivity contribution in [1.82, 2.24) is 0 Å². The average Bonchev–Trinajstić information content (AvgIpc) is 2.88. The zero-order valence-electron chi connectivity index (χ0n) is 17.0. The Balaban J connectivity index is 1.70. The van der Waals surface area contributed by atoms with Crippen LogP contribution in [0, 0.1) is 23.3 Å². The Morgan fingerprint density at radius 1 is 0.903 bits per heavy atom. The lowest BCUT2D eigenvalue weighted by Crippen LogP contribution is -2.57. The van der Waals surface area contributed by atoms with E-state index in [4.69, 9.17) is 4.74 Å². The van der Waals surface area contributed by atoms with Crippen molar-refractivity contribution in [3.05, 3.63) is 82.9 Å². The van der Waals surface area contributed by atoms with E-state index in [2.05, 4.69) is 26.2 Å². The molecule has 1 fully saturated rings. The van der Waals surface area contributed by atoms with Crippen LogP contribution < -0.4 is 0 Å². The highest BCUT2D eigenvalue weighted by molar-refractivity contribution is 5.85. The number of piperidine rings is 1. The maximum Gasteiger partial charge on any atom is 0.347 e. The maximum atomic E-state index is 13.9. The zero-order valence-corrected chi connectivity index (χ0v) is 17.0. The predicted molar refractivity (Wildman–Crippen MR) is 104 cm³/mol. The van der Waals surface area contributed by atoms with Crippen molar-refractivity contribution in [1.29, 1.82) is 0 Å². The molecule has 4 rings (SSSR count). The van der Waals surface area contributed by atoms with Gasteiger partial charge in [-0.3, -0.25) is 0 Å². The third kappa shape index (κ3) is 3.53. The summed E-state index contributed by atoms with van der Waals surface area (Å²) >= 11 is 0. The minimum Gasteiger partial charge on any atom is -0.459 e. The van der Waals surface area contributed by atoms with Crippen LogP contribution in [-0.2, 0) is 15.1 Å². The molecule has 2 heterocycles. The Hall–Kier alpha value is -2.71. The van der Waals surface area contributed by atoms with Crippen LogP contribution in [0.4, 0.5) is 17.6 Å². The first-order valence-corrected chi connectivity index (χ1v) is 9.89. The van der Waals surface area contributed by atoms with Gasteiger partial charge in [0.15, 0.2) is 23.3 Å². The molecule has 0 aliphatic carbocycles. The first-order chi connectivity index (χ1) is 14.5. The van der Waals surface area contributed by atoms with Crippen LogP contribution in [0.3, 0.4) is 0 Å². The molecule has 2 aliphatic heterocycles. The van der Waals surface area contributed by atoms with Crippen molar-refractivity contribution in [2.45, 2.75) is 36.6 Å². The van der Waals surface area contributed by atoms with Gasteiger partial charge in [0.05, 0.1) is 14.1 Å². The number of esters is 1. The van der Waals surface area contributed by atoms with Crippen LogP contribution >= 0.6 is 0 Å². The highest BCUT2D eigenvalue weighted by atomic mass is 19.2. The first-order valence-electron chi connectivity index (χ1n) is 9.89. The number of ether oxygens (including phenoxy) is 1. The van der Waals surface area contributed by atoms with E-state index in [0.717, 1.165) is 28.7 Å². The number of aliphatic hydroxyl groups is 1. The number of nitrogens with zero attached hydrogens (tertiary/aromatic N) is 1. The summed E-state index contributed by atoms with van der Waals surface area (Å²) in [5.41, 5.74) is -3.36. The maximum absolute atomic E-state index is 13.9. The molecule has 0 aromatic heterocycles. The summed E-state index contributed by atoms with van der Waals surface area (Å²) in [6, 6.07) is 5.03. The minimum atomic E-state index is -2.66. The van der Waals surface area contributed by atoms with Crippen molar-refractivity contribution in [2.75, 3.05) is 14.1 Å². The summed E-state index contributed by atoms with van der Waals surface area (Å²) in [7, 11) is 4.15. The number of hydrogen-bond donors (Lipinski definition) is 1. The monoisotopic (exact) mass is 436 g/mol. The average molecular weight is 436 g/mol. The van der Waals surface area contributed by atoms with Crippen molar-refractivity contribution >= 4 is 5.97 Å². The quantitative estimate of drug-likeness (QED) is 0.345. The number of hydrogen-bond acceptors (Lipinski definition) is 3. The topological polar surface area (TPSA) is 46.5 Å². The van der Waals surface area contributed by atoms with E-state index in [-0.39, 0.29) is 23.2 Å². The molecule has 0 saturated carbocycles. The van der Waals surface area contributed by atoms with E-state index in [1.807, 2.05) is 0 Å². The second-order valence-electron chi connectivity index (χ2n) is 8.62. The Morgan fingerprint density at radius 2 is 1.35 bits per heavy atom. The van der Waals surface area contributed by atoms with Gasteiger partial charge >= 0.3 is 5.97 Å². The molecule has 0 radical (unpaired) electrons. The van der Waals surface area contributed by atoms with Gasteiger partial charge in [0.25, 0.3) is 0 Å². The van der Waals surface area contributed by atoms with Crippen molar-refractivity contribution < 1.29 is 36.7 Å². The van der Waals surface area contributed by atoms with Crippen LogP contribution in [0.1, 0.15) is 24.0 Å². The van der Waals surface area contributed by atoms with Gasteiger partial charge in [0.1, 0.15) is 18.2 Å². The number of carbonyl (C=O) groups is 1. The number of benzene rings is 2. The van der Waals surface area contributed by atoms with Gasteiger partial charge in [-0.05, 0) is 36.4 Å². The Morgan fingerprint density at radius 3 is 1.77 bits per heavy atom. The largest absolute Gasteiger partial charge is 0.459 e. The summed E-state index contributed by atoms with van der Waals surface area (Å²) in [5.74, 6) is -6.13. The van der Waals surface area contributed by atoms with E-state index in [0.29, 0.717) is 25.0 Å². The number of rotatable bonds is 4. The second-order valence-corrected chi connectivity index (χ2v) is 8.62. The molecule has 2 aromatic carbocycles. The minimum absolute atomic E-state index is 0.121. The predicted octanol–water partition coefficient (Wildman–Crippen LogP) is 3.57. The SMILES string of the molecule is C[N+]1(C)[C@@H]2C=C[C@H]1CC(OC(=O)C(O)(c1ccc(F)c(F)c1)c1ccc(F)c(F)c1)C2. The smallest absolute Gasteiger partial charge is 0.347 e. The fourth-order valence-corrected chi connectivity index (χ4v) is 4.46. The Labute approximate surface area is 177 Å². The summed E-state index contributed by atoms with van der Waals surface area (Å²) in [4.78, 5) is 13.2. The molecule has 2 aliphatic rings. The molecular formula is C23H22F4NO3+. The van der Waals surface area contributed by atoms with Crippen molar-refractivity contribution in [2.24, 2.45) is 0 Å². The number of halogens is 4. The number of carbonyl (C=O) groups excluding carboxylic acids is 1. The second kappa shape index (κ2) is 7.46. The molecule has 2 aromatic rings. The van der Waals surface area contributed by atoms with E-state index in [9.17, 15) is 27.5 Å². The van der Waals surface area contributed by atoms with Gasteiger partial charge < -0.3 is 14.3 Å². The summed E-state index contributed by atoms with van der Waals surface area (Å²) in [6.07, 6.45) is 4.62. The van der Waals surface area contributed by atoms with Crippen molar-refractivity contribution in [3.8, 4) is 0 Å². The lowest BCUT2D eigenvalue weighted by molar-refractivity contribution is -0.926. The van der Waals surface area contributed by atoms with E-state index in [1.165, 1.54) is 0 Å². The van der Waals surface area contributed by atoms with Gasteiger partial charge in [-0.15, -0.1) is 0 Å². The van der Waals surface area contributed by atoms with Crippen LogP contribution in [0.2, 0.25) is 0 Å². The van der Waals surface area contributed by atoms with E-state index >= 15 is 0 Å². The molecule has 0 spiro atoms. The number of likely N-dealkylation sites (N-methyl/N-ethyl adjacent to an activating group) is 1. The first kappa shape index (κ1) is 21.5. The highest BCUT2D eigenvalue weighted by Gasteiger charge is 2.49. The lowest BCUT2D eigenvalue weighted by atomic mass is 9.85. The molecule has 1 N–H and O–H groups in total. The molecular weight excluding hydrogens is 414 g/mol. The molecule has 4 nitrogen and oxygen atoms in total. The van der Waals surface area contributed by atoms with Gasteiger partial charge in [0, 0.05) is 24.0 Å². The summed E-state index contributed by atoms with van der Waals surface area (Å²) in [6.45, 7) is 0. The summed E-state index contributed by atoms with van der Waals surface area (Å²) in [5, 5.41) is 11.4. The van der Waals surface area contributed by atoms with Crippen LogP contribution in [0.25, 0.3) is 0 Å². The Bertz CT molecular complexity index is 999. The molecule has 3 atom stereocenters. The molecule has 8 heteroatoms. The number of quaternary nitrogens is 1. The van der Waals surface area contributed by atoms with Gasteiger partial charge in [-0.25, -0.2) is 22.4 Å². The molecule has 164 valence electrons. The zero-order chi connectivity index (χ0) is 22.6. The van der Waals surface area contributed by atoms with Crippen LogP contribution in [-0.4, -0.2) is 47.8 Å². The van der Waals surface area contributed by atoms with Gasteiger partial charge in [0.2, 0.25) is 5.60 Å². The molecule has 2 bridgehead atoms. The van der Waals surface area contributed by atoms with Crippen LogP contribution in [0.15, 0.2) is 48.6 Å². The standard InChI is InChI=1S/C23H22F4NO3/c1-28(2)15-5-6-16(28)12-17(11-15)31-22(29)23(30,13-3-7-18(24)20(26)9-13)14-4-8-19(25)21(27)10-14/h3-10,15-17,30H,11-12H2,1-2H3/q+1/t15-,16+,17?. The fraction of sp³-hybridized carbons (Fsp3) is 0.348. The number of fused-ring (bicyclic) bond motifs is 2. The third-order valence-corrected chi connectivity index (χ3v) is 6.52.